The number of carboxylic acids is 1. The van der Waals surface area contributed by atoms with Crippen LogP contribution in [0.3, 0.4) is 0 Å². The largest absolute Gasteiger partial charge is 0.480 e. The van der Waals surface area contributed by atoms with Crippen LogP contribution in [-0.4, -0.2) is 63.3 Å². The van der Waals surface area contributed by atoms with Crippen molar-refractivity contribution in [3.05, 3.63) is 0 Å². The lowest BCUT2D eigenvalue weighted by Gasteiger charge is -2.39. The van der Waals surface area contributed by atoms with Gasteiger partial charge in [0.25, 0.3) is 0 Å². The normalized spacial score (nSPS) is 30.6. The maximum absolute atomic E-state index is 12.6. The van der Waals surface area contributed by atoms with Crippen LogP contribution >= 0.6 is 0 Å². The maximum Gasteiger partial charge on any atom is 0.326 e. The molecule has 6 nitrogen and oxygen atoms in total. The molecule has 1 unspecified atom stereocenters. The van der Waals surface area contributed by atoms with Crippen molar-refractivity contribution in [2.45, 2.75) is 63.6 Å². The second kappa shape index (κ2) is 6.43. The lowest BCUT2D eigenvalue weighted by Crippen LogP contribution is -2.53. The smallest absolute Gasteiger partial charge is 0.326 e. The van der Waals surface area contributed by atoms with Crippen molar-refractivity contribution < 1.29 is 19.8 Å². The van der Waals surface area contributed by atoms with Crippen LogP contribution < -0.4 is 0 Å². The van der Waals surface area contributed by atoms with E-state index in [9.17, 15) is 19.8 Å². The Hall–Kier alpha value is -1.30. The van der Waals surface area contributed by atoms with Crippen molar-refractivity contribution in [1.29, 1.82) is 0 Å². The number of amides is 2. The molecule has 0 aromatic rings. The predicted octanol–water partition coefficient (Wildman–Crippen LogP) is 1.28. The SMILES string of the molecule is CCCC1CCCCN1C(=O)N1C[C@H](O)C[C@@H]1C(=O)O. The number of hydrogen-bond acceptors (Lipinski definition) is 3. The van der Waals surface area contributed by atoms with Crippen LogP contribution in [0.5, 0.6) is 0 Å². The standard InChI is InChI=1S/C14H24N2O4/c1-2-5-10-6-3-4-7-15(10)14(20)16-9-11(17)8-12(16)13(18)19/h10-12,17H,2-9H2,1H3,(H,18,19)/t10?,11-,12-/m1/s1. The maximum atomic E-state index is 12.6. The molecule has 3 atom stereocenters. The highest BCUT2D eigenvalue weighted by Crippen LogP contribution is 2.26. The number of rotatable bonds is 3. The zero-order valence-electron chi connectivity index (χ0n) is 12.0. The molecule has 0 spiro atoms. The fraction of sp³-hybridized carbons (Fsp3) is 0.857. The van der Waals surface area contributed by atoms with Gasteiger partial charge >= 0.3 is 12.0 Å². The molecule has 2 amide bonds. The van der Waals surface area contributed by atoms with E-state index < -0.39 is 18.1 Å². The molecule has 0 aliphatic carbocycles. The summed E-state index contributed by atoms with van der Waals surface area (Å²) in [4.78, 5) is 27.0. The van der Waals surface area contributed by atoms with Crippen molar-refractivity contribution in [2.75, 3.05) is 13.1 Å². The summed E-state index contributed by atoms with van der Waals surface area (Å²) in [5.74, 6) is -1.03. The van der Waals surface area contributed by atoms with Crippen LogP contribution in [0.2, 0.25) is 0 Å². The number of piperidine rings is 1. The van der Waals surface area contributed by atoms with Crippen LogP contribution in [0.15, 0.2) is 0 Å². The van der Waals surface area contributed by atoms with Gasteiger partial charge in [-0.25, -0.2) is 9.59 Å². The van der Waals surface area contributed by atoms with Crippen molar-refractivity contribution in [3.8, 4) is 0 Å². The second-order valence-electron chi connectivity index (χ2n) is 5.81. The van der Waals surface area contributed by atoms with Gasteiger partial charge in [-0.3, -0.25) is 0 Å². The van der Waals surface area contributed by atoms with Gasteiger partial charge in [0, 0.05) is 25.6 Å². The number of carboxylic acid groups (broad SMARTS) is 1. The van der Waals surface area contributed by atoms with Gasteiger partial charge in [0.05, 0.1) is 6.10 Å². The highest BCUT2D eigenvalue weighted by atomic mass is 16.4. The molecular formula is C14H24N2O4. The topological polar surface area (TPSA) is 81.1 Å². The summed E-state index contributed by atoms with van der Waals surface area (Å²) in [5, 5.41) is 18.9. The Labute approximate surface area is 119 Å². The lowest BCUT2D eigenvalue weighted by atomic mass is 9.98. The highest BCUT2D eigenvalue weighted by molar-refractivity contribution is 5.83. The van der Waals surface area contributed by atoms with Gasteiger partial charge in [-0.1, -0.05) is 13.3 Å². The summed E-state index contributed by atoms with van der Waals surface area (Å²) in [6, 6.07) is -0.887. The minimum atomic E-state index is -1.03. The average Bonchev–Trinajstić information content (AvgIpc) is 2.81. The molecule has 0 bridgehead atoms. The Morgan fingerprint density at radius 2 is 2.00 bits per heavy atom. The molecule has 114 valence electrons. The number of carbonyl (C=O) groups is 2. The number of aliphatic carboxylic acids is 1. The molecule has 2 heterocycles. The molecule has 2 saturated heterocycles. The van der Waals surface area contributed by atoms with Gasteiger partial charge in [0.15, 0.2) is 0 Å². The average molecular weight is 284 g/mol. The Morgan fingerprint density at radius 3 is 2.65 bits per heavy atom. The molecule has 2 rings (SSSR count). The summed E-state index contributed by atoms with van der Waals surface area (Å²) in [7, 11) is 0. The Kier molecular flexibility index (Phi) is 4.86. The number of hydrogen-bond donors (Lipinski definition) is 2. The fourth-order valence-electron chi connectivity index (χ4n) is 3.31. The Morgan fingerprint density at radius 1 is 1.25 bits per heavy atom. The summed E-state index contributed by atoms with van der Waals surface area (Å²) >= 11 is 0. The van der Waals surface area contributed by atoms with Gasteiger partial charge < -0.3 is 20.0 Å². The number of urea groups is 1. The lowest BCUT2D eigenvalue weighted by molar-refractivity contribution is -0.141. The van der Waals surface area contributed by atoms with E-state index in [2.05, 4.69) is 6.92 Å². The molecule has 0 aromatic heterocycles. The highest BCUT2D eigenvalue weighted by Gasteiger charge is 2.42. The Bertz CT molecular complexity index is 372. The van der Waals surface area contributed by atoms with Gasteiger partial charge in [-0.05, 0) is 25.7 Å². The molecule has 2 N–H and O–H groups in total. The molecule has 2 aliphatic heterocycles. The minimum absolute atomic E-state index is 0.130. The van der Waals surface area contributed by atoms with E-state index in [-0.39, 0.29) is 25.0 Å². The van der Waals surface area contributed by atoms with Crippen LogP contribution in [0.1, 0.15) is 45.4 Å². The van der Waals surface area contributed by atoms with E-state index in [4.69, 9.17) is 0 Å². The zero-order valence-corrected chi connectivity index (χ0v) is 12.0. The summed E-state index contributed by atoms with van der Waals surface area (Å²) in [6.07, 6.45) is 4.47. The molecule has 0 aromatic carbocycles. The van der Waals surface area contributed by atoms with Gasteiger partial charge in [-0.15, -0.1) is 0 Å². The van der Waals surface area contributed by atoms with Crippen molar-refractivity contribution in [3.63, 3.8) is 0 Å². The van der Waals surface area contributed by atoms with Crippen molar-refractivity contribution >= 4 is 12.0 Å². The van der Waals surface area contributed by atoms with E-state index in [1.165, 1.54) is 4.90 Å². The molecule has 0 saturated carbocycles. The van der Waals surface area contributed by atoms with E-state index in [0.717, 1.165) is 32.1 Å². The first kappa shape index (κ1) is 15.1. The number of nitrogens with zero attached hydrogens (tertiary/aromatic N) is 2. The van der Waals surface area contributed by atoms with Crippen molar-refractivity contribution in [2.24, 2.45) is 0 Å². The minimum Gasteiger partial charge on any atom is -0.480 e. The molecule has 0 radical (unpaired) electrons. The number of likely N-dealkylation sites (tertiary alicyclic amines) is 2. The number of aliphatic hydroxyl groups excluding tert-OH is 1. The first-order valence-electron chi connectivity index (χ1n) is 7.52. The predicted molar refractivity (Wildman–Crippen MR) is 73.4 cm³/mol. The van der Waals surface area contributed by atoms with Crippen LogP contribution in [0.25, 0.3) is 0 Å². The van der Waals surface area contributed by atoms with E-state index >= 15 is 0 Å². The fourth-order valence-corrected chi connectivity index (χ4v) is 3.31. The number of β-amino-alcohol motifs (C(OH)–C–C–N with tert-alkyl or cyclic N) is 1. The van der Waals surface area contributed by atoms with Crippen molar-refractivity contribution in [1.82, 2.24) is 9.80 Å². The third-order valence-corrected chi connectivity index (χ3v) is 4.30. The quantitative estimate of drug-likeness (QED) is 0.818. The zero-order chi connectivity index (χ0) is 14.7. The Balaban J connectivity index is 2.09. The second-order valence-corrected chi connectivity index (χ2v) is 5.81. The molecule has 2 fully saturated rings. The molecule has 2 aliphatic rings. The molecule has 20 heavy (non-hydrogen) atoms. The monoisotopic (exact) mass is 284 g/mol. The summed E-state index contributed by atoms with van der Waals surface area (Å²) in [6.45, 7) is 2.92. The summed E-state index contributed by atoms with van der Waals surface area (Å²) < 4.78 is 0. The van der Waals surface area contributed by atoms with Crippen LogP contribution in [0.4, 0.5) is 4.79 Å². The number of aliphatic hydroxyl groups is 1. The van der Waals surface area contributed by atoms with Gasteiger partial charge in [0.2, 0.25) is 0 Å². The van der Waals surface area contributed by atoms with Crippen LogP contribution in [-0.2, 0) is 4.79 Å². The van der Waals surface area contributed by atoms with E-state index in [1.807, 2.05) is 4.90 Å². The molecular weight excluding hydrogens is 260 g/mol. The van der Waals surface area contributed by atoms with E-state index in [0.29, 0.717) is 6.54 Å². The molecule has 6 heteroatoms. The third kappa shape index (κ3) is 3.06. The van der Waals surface area contributed by atoms with Gasteiger partial charge in [-0.2, -0.15) is 0 Å². The first-order valence-corrected chi connectivity index (χ1v) is 7.52. The third-order valence-electron chi connectivity index (χ3n) is 4.30. The van der Waals surface area contributed by atoms with Gasteiger partial charge in [0.1, 0.15) is 6.04 Å². The number of carbonyl (C=O) groups excluding carboxylic acids is 1. The van der Waals surface area contributed by atoms with Crippen LogP contribution in [0, 0.1) is 0 Å². The summed E-state index contributed by atoms with van der Waals surface area (Å²) in [5.41, 5.74) is 0. The first-order chi connectivity index (χ1) is 9.54. The van der Waals surface area contributed by atoms with E-state index in [1.54, 1.807) is 0 Å².